The number of rotatable bonds is 4. The number of aromatic nitrogens is 1. The second kappa shape index (κ2) is 6.72. The molecule has 0 aliphatic carbocycles. The van der Waals surface area contributed by atoms with Crippen LogP contribution in [0, 0.1) is 13.8 Å². The monoisotopic (exact) mass is 405 g/mol. The maximum absolute atomic E-state index is 13.1. The Hall–Kier alpha value is -2.26. The lowest BCUT2D eigenvalue weighted by atomic mass is 10.1. The summed E-state index contributed by atoms with van der Waals surface area (Å²) in [6.45, 7) is 3.87. The number of nitrogens with one attached hydrogen (secondary N) is 1. The average Bonchev–Trinajstić information content (AvgIpc) is 3.30. The summed E-state index contributed by atoms with van der Waals surface area (Å²) in [6.07, 6.45) is 0. The molecule has 0 bridgehead atoms. The second-order valence-corrected chi connectivity index (χ2v) is 8.65. The Morgan fingerprint density at radius 3 is 2.70 bits per heavy atom. The van der Waals surface area contributed by atoms with Crippen LogP contribution in [0.4, 0.5) is 5.13 Å². The fourth-order valence-corrected chi connectivity index (χ4v) is 5.68. The van der Waals surface area contributed by atoms with Crippen molar-refractivity contribution in [2.45, 2.75) is 25.3 Å². The molecule has 7 nitrogen and oxygen atoms in total. The van der Waals surface area contributed by atoms with Gasteiger partial charge in [-0.05, 0) is 19.9 Å². The maximum atomic E-state index is 13.1. The molecule has 1 aromatic carbocycles. The van der Waals surface area contributed by atoms with Gasteiger partial charge >= 0.3 is 0 Å². The number of fused-ring (bicyclic) bond motifs is 3. The van der Waals surface area contributed by atoms with Gasteiger partial charge in [-0.15, -0.1) is 23.1 Å². The van der Waals surface area contributed by atoms with E-state index in [9.17, 15) is 9.59 Å². The average molecular weight is 406 g/mol. The van der Waals surface area contributed by atoms with Crippen molar-refractivity contribution in [1.82, 2.24) is 9.88 Å². The molecule has 2 atom stereocenters. The summed E-state index contributed by atoms with van der Waals surface area (Å²) in [5.41, 5.74) is 2.24. The number of carbonyl (C=O) groups excluding carboxylic acids is 2. The highest BCUT2D eigenvalue weighted by molar-refractivity contribution is 7.99. The molecular formula is C18H19N3O4S2. The first-order valence-corrected chi connectivity index (χ1v) is 10.3. The van der Waals surface area contributed by atoms with E-state index in [2.05, 4.69) is 10.3 Å². The molecular weight excluding hydrogens is 386 g/mol. The summed E-state index contributed by atoms with van der Waals surface area (Å²) in [6, 6.07) is 3.11. The Balaban J connectivity index is 1.63. The van der Waals surface area contributed by atoms with Crippen LogP contribution in [0.3, 0.4) is 0 Å². The van der Waals surface area contributed by atoms with Crippen LogP contribution in [-0.2, 0) is 4.79 Å². The molecule has 2 amide bonds. The number of thiazole rings is 1. The van der Waals surface area contributed by atoms with E-state index in [1.54, 1.807) is 22.7 Å². The predicted octanol–water partition coefficient (Wildman–Crippen LogP) is 2.99. The predicted molar refractivity (Wildman–Crippen MR) is 105 cm³/mol. The van der Waals surface area contributed by atoms with Crippen molar-refractivity contribution in [2.75, 3.05) is 25.3 Å². The Bertz CT molecular complexity index is 923. The number of thioether (sulfide) groups is 1. The fraction of sp³-hybridized carbons (Fsp3) is 0.389. The highest BCUT2D eigenvalue weighted by Gasteiger charge is 2.50. The first kappa shape index (κ1) is 18.1. The lowest BCUT2D eigenvalue weighted by molar-refractivity contribution is -0.119. The third-order valence-electron chi connectivity index (χ3n) is 4.85. The molecule has 9 heteroatoms. The Labute approximate surface area is 165 Å². The van der Waals surface area contributed by atoms with E-state index in [1.807, 2.05) is 19.9 Å². The molecule has 1 saturated heterocycles. The lowest BCUT2D eigenvalue weighted by Crippen LogP contribution is -2.42. The number of aryl methyl sites for hydroxylation is 2. The highest BCUT2D eigenvalue weighted by atomic mass is 32.2. The van der Waals surface area contributed by atoms with Crippen LogP contribution in [0.25, 0.3) is 0 Å². The van der Waals surface area contributed by atoms with E-state index >= 15 is 0 Å². The van der Waals surface area contributed by atoms with Crippen molar-refractivity contribution in [3.8, 4) is 11.5 Å². The molecule has 27 heavy (non-hydrogen) atoms. The molecule has 4 rings (SSSR count). The molecule has 2 aromatic rings. The van der Waals surface area contributed by atoms with Crippen molar-refractivity contribution in [3.63, 3.8) is 0 Å². The van der Waals surface area contributed by atoms with E-state index in [0.29, 0.717) is 27.9 Å². The number of hydrogen-bond acceptors (Lipinski definition) is 7. The fourth-order valence-electron chi connectivity index (χ4n) is 3.41. The van der Waals surface area contributed by atoms with Gasteiger partial charge in [-0.1, -0.05) is 6.07 Å². The SMILES string of the molecule is COc1ccc2c(c1OC)C(=O)N1[C@@H](C(=O)Nc3nc(C)c(C)s3)CS[C@@H]21. The van der Waals surface area contributed by atoms with E-state index < -0.39 is 6.04 Å². The molecule has 3 heterocycles. The van der Waals surface area contributed by atoms with Crippen molar-refractivity contribution in [2.24, 2.45) is 0 Å². The molecule has 1 aromatic heterocycles. The molecule has 0 saturated carbocycles. The molecule has 142 valence electrons. The van der Waals surface area contributed by atoms with Crippen molar-refractivity contribution in [3.05, 3.63) is 33.8 Å². The van der Waals surface area contributed by atoms with Crippen LogP contribution in [0.2, 0.25) is 0 Å². The zero-order chi connectivity index (χ0) is 19.3. The quantitative estimate of drug-likeness (QED) is 0.842. The topological polar surface area (TPSA) is 80.8 Å². The summed E-state index contributed by atoms with van der Waals surface area (Å²) in [7, 11) is 3.05. The van der Waals surface area contributed by atoms with Crippen molar-refractivity contribution >= 4 is 40.0 Å². The molecule has 0 radical (unpaired) electrons. The summed E-state index contributed by atoms with van der Waals surface area (Å²) < 4.78 is 10.7. The van der Waals surface area contributed by atoms with Crippen LogP contribution < -0.4 is 14.8 Å². The zero-order valence-corrected chi connectivity index (χ0v) is 17.0. The number of anilines is 1. The molecule has 2 aliphatic heterocycles. The van der Waals surface area contributed by atoms with Gasteiger partial charge in [-0.2, -0.15) is 0 Å². The van der Waals surface area contributed by atoms with Gasteiger partial charge < -0.3 is 19.7 Å². The maximum Gasteiger partial charge on any atom is 0.260 e. The van der Waals surface area contributed by atoms with E-state index in [-0.39, 0.29) is 17.2 Å². The third-order valence-corrected chi connectivity index (χ3v) is 7.15. The van der Waals surface area contributed by atoms with Crippen LogP contribution >= 0.6 is 23.1 Å². The van der Waals surface area contributed by atoms with E-state index in [1.165, 1.54) is 25.6 Å². The number of hydrogen-bond donors (Lipinski definition) is 1. The van der Waals surface area contributed by atoms with Gasteiger partial charge in [-0.3, -0.25) is 9.59 Å². The highest BCUT2D eigenvalue weighted by Crippen LogP contribution is 2.52. The Morgan fingerprint density at radius 2 is 2.07 bits per heavy atom. The van der Waals surface area contributed by atoms with Gasteiger partial charge in [-0.25, -0.2) is 4.98 Å². The molecule has 0 unspecified atom stereocenters. The lowest BCUT2D eigenvalue weighted by Gasteiger charge is -2.22. The zero-order valence-electron chi connectivity index (χ0n) is 15.4. The number of carbonyl (C=O) groups is 2. The van der Waals surface area contributed by atoms with E-state index in [0.717, 1.165) is 16.1 Å². The van der Waals surface area contributed by atoms with Gasteiger partial charge in [0.25, 0.3) is 5.91 Å². The minimum absolute atomic E-state index is 0.192. The molecule has 1 N–H and O–H groups in total. The number of methoxy groups -OCH3 is 2. The van der Waals surface area contributed by atoms with Gasteiger partial charge in [0, 0.05) is 16.2 Å². The number of benzene rings is 1. The Kier molecular flexibility index (Phi) is 4.51. The largest absolute Gasteiger partial charge is 0.493 e. The van der Waals surface area contributed by atoms with Gasteiger partial charge in [0.05, 0.1) is 25.5 Å². The molecule has 2 aliphatic rings. The third kappa shape index (κ3) is 2.76. The molecule has 1 fully saturated rings. The first-order chi connectivity index (χ1) is 13.0. The van der Waals surface area contributed by atoms with Crippen LogP contribution in [0.15, 0.2) is 12.1 Å². The second-order valence-electron chi connectivity index (χ2n) is 6.33. The van der Waals surface area contributed by atoms with Crippen LogP contribution in [-0.4, -0.2) is 47.7 Å². The normalized spacial score (nSPS) is 20.4. The summed E-state index contributed by atoms with van der Waals surface area (Å²) >= 11 is 3.01. The smallest absolute Gasteiger partial charge is 0.260 e. The van der Waals surface area contributed by atoms with Gasteiger partial charge in [0.1, 0.15) is 11.4 Å². The van der Waals surface area contributed by atoms with Gasteiger partial charge in [0.15, 0.2) is 16.6 Å². The van der Waals surface area contributed by atoms with Crippen molar-refractivity contribution < 1.29 is 19.1 Å². The summed E-state index contributed by atoms with van der Waals surface area (Å²) in [5, 5.41) is 3.23. The van der Waals surface area contributed by atoms with Gasteiger partial charge in [0.2, 0.25) is 5.91 Å². The number of ether oxygens (including phenoxy) is 2. The number of amides is 2. The number of nitrogens with zero attached hydrogens (tertiary/aromatic N) is 2. The standard InChI is InChI=1S/C18H19N3O4S2/c1-8-9(2)27-18(19-8)20-15(22)11-7-26-17-10-5-6-12(24-3)14(25-4)13(10)16(23)21(11)17/h5-6,11,17H,7H2,1-4H3,(H,19,20,22)/t11-,17+/m1/s1. The minimum Gasteiger partial charge on any atom is -0.493 e. The minimum atomic E-state index is -0.555. The molecule has 0 spiro atoms. The summed E-state index contributed by atoms with van der Waals surface area (Å²) in [4.78, 5) is 33.0. The van der Waals surface area contributed by atoms with E-state index in [4.69, 9.17) is 9.47 Å². The van der Waals surface area contributed by atoms with Crippen LogP contribution in [0.5, 0.6) is 11.5 Å². The Morgan fingerprint density at radius 1 is 1.30 bits per heavy atom. The first-order valence-electron chi connectivity index (χ1n) is 8.40. The van der Waals surface area contributed by atoms with Crippen molar-refractivity contribution in [1.29, 1.82) is 0 Å². The summed E-state index contributed by atoms with van der Waals surface area (Å²) in [5.74, 6) is 1.04. The van der Waals surface area contributed by atoms with Crippen LogP contribution in [0.1, 0.15) is 31.9 Å².